The van der Waals surface area contributed by atoms with E-state index in [1.165, 1.54) is 11.1 Å². The lowest BCUT2D eigenvalue weighted by Gasteiger charge is -2.33. The fourth-order valence-corrected chi connectivity index (χ4v) is 3.50. The summed E-state index contributed by atoms with van der Waals surface area (Å²) in [5.41, 5.74) is 0.866. The van der Waals surface area contributed by atoms with Crippen molar-refractivity contribution in [3.63, 3.8) is 0 Å². The van der Waals surface area contributed by atoms with Crippen LogP contribution in [0.5, 0.6) is 0 Å². The van der Waals surface area contributed by atoms with E-state index in [1.54, 1.807) is 17.4 Å². The summed E-state index contributed by atoms with van der Waals surface area (Å²) >= 11 is 1.69. The van der Waals surface area contributed by atoms with Gasteiger partial charge in [-0.1, -0.05) is 6.07 Å². The molecule has 102 valence electrons. The van der Waals surface area contributed by atoms with Gasteiger partial charge in [0.2, 0.25) is 0 Å². The lowest BCUT2D eigenvalue weighted by molar-refractivity contribution is 0.502. The highest BCUT2D eigenvalue weighted by atomic mass is 32.1. The maximum Gasteiger partial charge on any atom is 0.143 e. The van der Waals surface area contributed by atoms with E-state index < -0.39 is 5.82 Å². The first-order chi connectivity index (χ1) is 9.79. The molecule has 3 nitrogen and oxygen atoms in total. The quantitative estimate of drug-likeness (QED) is 0.848. The Bertz CT molecular complexity index is 625. The highest BCUT2D eigenvalue weighted by molar-refractivity contribution is 7.09. The van der Waals surface area contributed by atoms with Crippen LogP contribution in [0.1, 0.15) is 29.3 Å². The van der Waals surface area contributed by atoms with Crippen LogP contribution in [0.3, 0.4) is 0 Å². The highest BCUT2D eigenvalue weighted by Gasteiger charge is 2.24. The second kappa shape index (κ2) is 5.59. The molecule has 0 aliphatic carbocycles. The number of piperidine rings is 1. The standard InChI is InChI=1S/C15H14FN3S/c16-13-2-1-3-14(12(13)10-17)19-7-4-11(5-8-19)15-18-6-9-20-15/h1-3,6,9,11H,4-5,7-8H2. The number of nitrogens with zero attached hydrogens (tertiary/aromatic N) is 3. The monoisotopic (exact) mass is 287 g/mol. The van der Waals surface area contributed by atoms with Gasteiger partial charge in [-0.15, -0.1) is 11.3 Å². The van der Waals surface area contributed by atoms with Gasteiger partial charge < -0.3 is 4.90 Å². The van der Waals surface area contributed by atoms with Gasteiger partial charge in [-0.3, -0.25) is 0 Å². The minimum absolute atomic E-state index is 0.153. The number of anilines is 1. The average Bonchev–Trinajstić information content (AvgIpc) is 3.01. The molecule has 1 aliphatic heterocycles. The van der Waals surface area contributed by atoms with Crippen LogP contribution in [0.4, 0.5) is 10.1 Å². The summed E-state index contributed by atoms with van der Waals surface area (Å²) in [7, 11) is 0. The molecule has 0 bridgehead atoms. The molecule has 5 heteroatoms. The molecule has 1 fully saturated rings. The topological polar surface area (TPSA) is 39.9 Å². The van der Waals surface area contributed by atoms with Crippen LogP contribution < -0.4 is 4.90 Å². The van der Waals surface area contributed by atoms with Crippen molar-refractivity contribution in [1.82, 2.24) is 4.98 Å². The number of hydrogen-bond acceptors (Lipinski definition) is 4. The van der Waals surface area contributed by atoms with Gasteiger partial charge in [0.25, 0.3) is 0 Å². The van der Waals surface area contributed by atoms with Gasteiger partial charge in [0.15, 0.2) is 0 Å². The van der Waals surface area contributed by atoms with E-state index in [-0.39, 0.29) is 5.56 Å². The van der Waals surface area contributed by atoms with E-state index in [0.717, 1.165) is 25.9 Å². The highest BCUT2D eigenvalue weighted by Crippen LogP contribution is 2.32. The molecule has 0 spiro atoms. The van der Waals surface area contributed by atoms with Crippen molar-refractivity contribution in [2.24, 2.45) is 0 Å². The molecule has 0 atom stereocenters. The Balaban J connectivity index is 1.76. The Labute approximate surface area is 121 Å². The van der Waals surface area contributed by atoms with Crippen LogP contribution in [-0.4, -0.2) is 18.1 Å². The third-order valence-corrected chi connectivity index (χ3v) is 4.68. The van der Waals surface area contributed by atoms with Crippen LogP contribution >= 0.6 is 11.3 Å². The Morgan fingerprint density at radius 3 is 2.80 bits per heavy atom. The van der Waals surface area contributed by atoms with Crippen molar-refractivity contribution in [1.29, 1.82) is 5.26 Å². The molecule has 0 saturated carbocycles. The summed E-state index contributed by atoms with van der Waals surface area (Å²) in [4.78, 5) is 6.48. The smallest absolute Gasteiger partial charge is 0.143 e. The van der Waals surface area contributed by atoms with E-state index in [1.807, 2.05) is 23.7 Å². The molecule has 20 heavy (non-hydrogen) atoms. The zero-order chi connectivity index (χ0) is 13.9. The molecule has 1 aromatic carbocycles. The number of halogens is 1. The van der Waals surface area contributed by atoms with Crippen LogP contribution in [-0.2, 0) is 0 Å². The zero-order valence-electron chi connectivity index (χ0n) is 10.9. The minimum Gasteiger partial charge on any atom is -0.370 e. The Kier molecular flexibility index (Phi) is 3.66. The lowest BCUT2D eigenvalue weighted by atomic mass is 9.96. The van der Waals surface area contributed by atoms with Crippen LogP contribution in [0.25, 0.3) is 0 Å². The number of thiazole rings is 1. The SMILES string of the molecule is N#Cc1c(F)cccc1N1CCC(c2nccs2)CC1. The van der Waals surface area contributed by atoms with Crippen LogP contribution in [0.2, 0.25) is 0 Å². The van der Waals surface area contributed by atoms with Gasteiger partial charge in [0.05, 0.1) is 10.7 Å². The predicted octanol–water partition coefficient (Wildman–Crippen LogP) is 3.54. The normalized spacial score (nSPS) is 16.1. The number of hydrogen-bond donors (Lipinski definition) is 0. The third-order valence-electron chi connectivity index (χ3n) is 3.74. The van der Waals surface area contributed by atoms with Crippen molar-refractivity contribution >= 4 is 17.0 Å². The van der Waals surface area contributed by atoms with Gasteiger partial charge in [-0.2, -0.15) is 5.26 Å². The van der Waals surface area contributed by atoms with Gasteiger partial charge in [0.1, 0.15) is 17.4 Å². The Morgan fingerprint density at radius 1 is 1.35 bits per heavy atom. The molecule has 2 aromatic rings. The summed E-state index contributed by atoms with van der Waals surface area (Å²) in [5.74, 6) is 0.0531. The van der Waals surface area contributed by atoms with E-state index >= 15 is 0 Å². The van der Waals surface area contributed by atoms with E-state index in [9.17, 15) is 4.39 Å². The number of nitriles is 1. The first kappa shape index (κ1) is 13.1. The number of benzene rings is 1. The van der Waals surface area contributed by atoms with Crippen LogP contribution in [0.15, 0.2) is 29.8 Å². The van der Waals surface area contributed by atoms with E-state index in [2.05, 4.69) is 9.88 Å². The van der Waals surface area contributed by atoms with Crippen molar-refractivity contribution < 1.29 is 4.39 Å². The van der Waals surface area contributed by atoms with Gasteiger partial charge in [0, 0.05) is 30.6 Å². The molecule has 1 saturated heterocycles. The maximum absolute atomic E-state index is 13.6. The number of aromatic nitrogens is 1. The largest absolute Gasteiger partial charge is 0.370 e. The Morgan fingerprint density at radius 2 is 2.15 bits per heavy atom. The van der Waals surface area contributed by atoms with Crippen molar-refractivity contribution in [2.45, 2.75) is 18.8 Å². The summed E-state index contributed by atoms with van der Waals surface area (Å²) < 4.78 is 13.6. The first-order valence-corrected chi connectivity index (χ1v) is 7.50. The third kappa shape index (κ3) is 2.39. The second-order valence-electron chi connectivity index (χ2n) is 4.88. The zero-order valence-corrected chi connectivity index (χ0v) is 11.7. The molecule has 0 N–H and O–H groups in total. The molecule has 1 aliphatic rings. The van der Waals surface area contributed by atoms with Gasteiger partial charge >= 0.3 is 0 Å². The second-order valence-corrected chi connectivity index (χ2v) is 5.80. The van der Waals surface area contributed by atoms with Gasteiger partial charge in [-0.25, -0.2) is 9.37 Å². The molecule has 2 heterocycles. The maximum atomic E-state index is 13.6. The van der Waals surface area contributed by atoms with Crippen molar-refractivity contribution in [3.8, 4) is 6.07 Å². The van der Waals surface area contributed by atoms with Crippen LogP contribution in [0, 0.1) is 17.1 Å². The number of rotatable bonds is 2. The van der Waals surface area contributed by atoms with Gasteiger partial charge in [-0.05, 0) is 25.0 Å². The Hall–Kier alpha value is -1.93. The molecule has 0 amide bonds. The summed E-state index contributed by atoms with van der Waals surface area (Å²) in [6.45, 7) is 1.67. The van der Waals surface area contributed by atoms with Crippen molar-refractivity contribution in [3.05, 3.63) is 46.2 Å². The molecule has 3 rings (SSSR count). The predicted molar refractivity (Wildman–Crippen MR) is 77.4 cm³/mol. The molecular formula is C15H14FN3S. The summed E-state index contributed by atoms with van der Waals surface area (Å²) in [5, 5.41) is 12.3. The fraction of sp³-hybridized carbons (Fsp3) is 0.333. The van der Waals surface area contributed by atoms with E-state index in [4.69, 9.17) is 5.26 Å². The van der Waals surface area contributed by atoms with E-state index in [0.29, 0.717) is 11.6 Å². The minimum atomic E-state index is -0.438. The molecule has 0 unspecified atom stereocenters. The molecular weight excluding hydrogens is 273 g/mol. The summed E-state index contributed by atoms with van der Waals surface area (Å²) in [6.07, 6.45) is 3.83. The average molecular weight is 287 g/mol. The summed E-state index contributed by atoms with van der Waals surface area (Å²) in [6, 6.07) is 6.80. The fourth-order valence-electron chi connectivity index (χ4n) is 2.69. The molecule has 1 aromatic heterocycles. The first-order valence-electron chi connectivity index (χ1n) is 6.62. The molecule has 0 radical (unpaired) electrons. The van der Waals surface area contributed by atoms with Crippen molar-refractivity contribution in [2.75, 3.05) is 18.0 Å². The lowest BCUT2D eigenvalue weighted by Crippen LogP contribution is -2.33.